The summed E-state index contributed by atoms with van der Waals surface area (Å²) in [6.45, 7) is 3.71. The Kier molecular flexibility index (Phi) is 6.72. The third-order valence-corrected chi connectivity index (χ3v) is 7.98. The summed E-state index contributed by atoms with van der Waals surface area (Å²) in [5.41, 5.74) is 1.30. The van der Waals surface area contributed by atoms with E-state index in [0.717, 1.165) is 10.0 Å². The smallest absolute Gasteiger partial charge is 0.338 e. The Morgan fingerprint density at radius 3 is 2.84 bits per heavy atom. The summed E-state index contributed by atoms with van der Waals surface area (Å²) in [6.07, 6.45) is 1.68. The molecule has 0 unspecified atom stereocenters. The fourth-order valence-electron chi connectivity index (χ4n) is 3.48. The summed E-state index contributed by atoms with van der Waals surface area (Å²) in [5, 5.41) is 0. The van der Waals surface area contributed by atoms with Gasteiger partial charge in [-0.3, -0.25) is 9.36 Å². The molecule has 1 aliphatic heterocycles. The van der Waals surface area contributed by atoms with E-state index in [1.165, 1.54) is 15.9 Å². The summed E-state index contributed by atoms with van der Waals surface area (Å²) in [7, 11) is 1.57. The van der Waals surface area contributed by atoms with Gasteiger partial charge in [0.1, 0.15) is 11.5 Å². The number of esters is 1. The van der Waals surface area contributed by atoms with Crippen LogP contribution < -0.4 is 19.6 Å². The number of carbonyl (C=O) groups excluding carboxylic acids is 1. The van der Waals surface area contributed by atoms with Crippen LogP contribution in [0.4, 0.5) is 0 Å². The van der Waals surface area contributed by atoms with Crippen molar-refractivity contribution in [3.05, 3.63) is 80.9 Å². The average Bonchev–Trinajstić information content (AvgIpc) is 3.24. The number of thiazole rings is 1. The predicted molar refractivity (Wildman–Crippen MR) is 133 cm³/mol. The minimum absolute atomic E-state index is 0.219. The van der Waals surface area contributed by atoms with Crippen molar-refractivity contribution < 1.29 is 18.7 Å². The molecule has 0 fully saturated rings. The van der Waals surface area contributed by atoms with Crippen LogP contribution in [0.25, 0.3) is 6.08 Å². The van der Waals surface area contributed by atoms with Crippen LogP contribution in [-0.4, -0.2) is 24.3 Å². The van der Waals surface area contributed by atoms with Crippen molar-refractivity contribution in [2.75, 3.05) is 13.7 Å². The van der Waals surface area contributed by atoms with Gasteiger partial charge in [-0.2, -0.15) is 0 Å². The zero-order valence-electron chi connectivity index (χ0n) is 17.3. The number of furan rings is 1. The number of methoxy groups -OCH3 is 1. The molecule has 4 rings (SSSR count). The molecule has 0 saturated heterocycles. The highest BCUT2D eigenvalue weighted by atomic mass is 127. The van der Waals surface area contributed by atoms with Gasteiger partial charge >= 0.3 is 5.97 Å². The maximum Gasteiger partial charge on any atom is 0.338 e. The first-order chi connectivity index (χ1) is 15.3. The van der Waals surface area contributed by atoms with Gasteiger partial charge in [0.05, 0.1) is 40.0 Å². The number of ether oxygens (including phenoxy) is 2. The number of benzene rings is 1. The number of nitrogens with zero attached hydrogens (tertiary/aromatic N) is 2. The summed E-state index contributed by atoms with van der Waals surface area (Å²) < 4.78 is 19.8. The summed E-state index contributed by atoms with van der Waals surface area (Å²) >= 11 is 6.73. The molecule has 1 atom stereocenters. The van der Waals surface area contributed by atoms with Gasteiger partial charge in [-0.05, 0) is 53.5 Å². The lowest BCUT2D eigenvalue weighted by atomic mass is 9.95. The number of rotatable bonds is 5. The van der Waals surface area contributed by atoms with E-state index in [1.807, 2.05) is 24.3 Å². The van der Waals surface area contributed by atoms with Gasteiger partial charge in [-0.25, -0.2) is 9.79 Å². The van der Waals surface area contributed by atoms with E-state index in [-0.39, 0.29) is 12.2 Å². The summed E-state index contributed by atoms with van der Waals surface area (Å²) in [4.78, 5) is 31.5. The van der Waals surface area contributed by atoms with Crippen molar-refractivity contribution in [3.8, 4) is 5.75 Å². The zero-order valence-corrected chi connectivity index (χ0v) is 21.9. The first-order valence-electron chi connectivity index (χ1n) is 9.62. The van der Waals surface area contributed by atoms with Crippen molar-refractivity contribution in [1.29, 1.82) is 0 Å². The van der Waals surface area contributed by atoms with Crippen LogP contribution in [0.5, 0.6) is 5.75 Å². The Hall–Kier alpha value is -2.18. The minimum atomic E-state index is -0.689. The molecule has 0 N–H and O–H groups in total. The molecule has 32 heavy (non-hydrogen) atoms. The van der Waals surface area contributed by atoms with Crippen molar-refractivity contribution in [2.45, 2.75) is 19.9 Å². The molecule has 0 amide bonds. The average molecular weight is 629 g/mol. The van der Waals surface area contributed by atoms with E-state index in [9.17, 15) is 9.59 Å². The van der Waals surface area contributed by atoms with E-state index < -0.39 is 12.0 Å². The second kappa shape index (κ2) is 9.36. The third kappa shape index (κ3) is 4.23. The lowest BCUT2D eigenvalue weighted by molar-refractivity contribution is -0.139. The van der Waals surface area contributed by atoms with Crippen LogP contribution in [0.1, 0.15) is 31.2 Å². The molecule has 0 bridgehead atoms. The molecule has 1 aliphatic rings. The maximum absolute atomic E-state index is 13.5. The van der Waals surface area contributed by atoms with Crippen molar-refractivity contribution in [3.63, 3.8) is 0 Å². The Balaban J connectivity index is 1.97. The topological polar surface area (TPSA) is 83.0 Å². The standard InChI is InChI=1S/C22H18BrIN2O5S/c1-4-30-21(28)17-11(2)25-22-26(18(17)12-6-5-7-13(8-12)29-3)20(27)16(32-22)10-14-9-15(23)19(24)31-14/h5-10,18H,4H2,1-3H3/b16-10+/t18-/m0/s1. The van der Waals surface area contributed by atoms with Crippen molar-refractivity contribution >= 4 is 61.9 Å². The highest BCUT2D eigenvalue weighted by molar-refractivity contribution is 14.1. The molecule has 7 nitrogen and oxygen atoms in total. The van der Waals surface area contributed by atoms with Gasteiger partial charge in [0.2, 0.25) is 0 Å². The van der Waals surface area contributed by atoms with Gasteiger partial charge < -0.3 is 13.9 Å². The molecule has 2 aromatic heterocycles. The van der Waals surface area contributed by atoms with Crippen LogP contribution in [0.2, 0.25) is 0 Å². The first kappa shape index (κ1) is 23.0. The number of allylic oxidation sites excluding steroid dienone is 1. The molecule has 0 saturated carbocycles. The maximum atomic E-state index is 13.5. The Morgan fingerprint density at radius 2 is 2.19 bits per heavy atom. The van der Waals surface area contributed by atoms with E-state index in [2.05, 4.69) is 43.5 Å². The molecule has 3 heterocycles. The monoisotopic (exact) mass is 628 g/mol. The highest BCUT2D eigenvalue weighted by Gasteiger charge is 2.33. The number of halogens is 2. The van der Waals surface area contributed by atoms with Gasteiger partial charge in [0.15, 0.2) is 8.57 Å². The largest absolute Gasteiger partial charge is 0.497 e. The van der Waals surface area contributed by atoms with E-state index in [0.29, 0.717) is 35.9 Å². The zero-order chi connectivity index (χ0) is 23.0. The highest BCUT2D eigenvalue weighted by Crippen LogP contribution is 2.32. The SMILES string of the molecule is CCOC(=O)C1=C(C)N=c2s/c(=C/c3cc(Br)c(I)o3)c(=O)n2[C@H]1c1cccc(OC)c1. The third-order valence-electron chi connectivity index (χ3n) is 4.86. The van der Waals surface area contributed by atoms with Crippen LogP contribution in [0.15, 0.2) is 60.3 Å². The second-order valence-corrected chi connectivity index (χ2v) is 9.69. The number of aromatic nitrogens is 1. The second-order valence-electron chi connectivity index (χ2n) is 6.85. The van der Waals surface area contributed by atoms with E-state index >= 15 is 0 Å². The minimum Gasteiger partial charge on any atom is -0.497 e. The fraction of sp³-hybridized carbons (Fsp3) is 0.227. The van der Waals surface area contributed by atoms with Crippen LogP contribution in [0.3, 0.4) is 0 Å². The van der Waals surface area contributed by atoms with E-state index in [1.54, 1.807) is 33.1 Å². The molecular weight excluding hydrogens is 611 g/mol. The molecule has 1 aromatic carbocycles. The van der Waals surface area contributed by atoms with Crippen molar-refractivity contribution in [2.24, 2.45) is 4.99 Å². The number of hydrogen-bond acceptors (Lipinski definition) is 7. The van der Waals surface area contributed by atoms with E-state index in [4.69, 9.17) is 13.9 Å². The lowest BCUT2D eigenvalue weighted by Gasteiger charge is -2.24. The van der Waals surface area contributed by atoms with Crippen LogP contribution in [-0.2, 0) is 9.53 Å². The number of carbonyl (C=O) groups is 1. The van der Waals surface area contributed by atoms with Gasteiger partial charge in [-0.1, -0.05) is 23.5 Å². The molecule has 0 radical (unpaired) electrons. The first-order valence-corrected chi connectivity index (χ1v) is 12.3. The summed E-state index contributed by atoms with van der Waals surface area (Å²) in [5.74, 6) is 0.670. The summed E-state index contributed by atoms with van der Waals surface area (Å²) in [6, 6.07) is 8.41. The van der Waals surface area contributed by atoms with Gasteiger partial charge in [-0.15, -0.1) is 0 Å². The lowest BCUT2D eigenvalue weighted by Crippen LogP contribution is -2.39. The Morgan fingerprint density at radius 1 is 1.41 bits per heavy atom. The normalized spacial score (nSPS) is 16.0. The Bertz CT molecular complexity index is 1400. The number of hydrogen-bond donors (Lipinski definition) is 0. The quantitative estimate of drug-likeness (QED) is 0.317. The predicted octanol–water partition coefficient (Wildman–Crippen LogP) is 3.77. The molecule has 166 valence electrons. The van der Waals surface area contributed by atoms with Crippen LogP contribution in [0, 0.1) is 3.77 Å². The fourth-order valence-corrected chi connectivity index (χ4v) is 5.23. The molecule has 3 aromatic rings. The van der Waals surface area contributed by atoms with Crippen molar-refractivity contribution in [1.82, 2.24) is 4.57 Å². The molecule has 10 heteroatoms. The number of fused-ring (bicyclic) bond motifs is 1. The molecule has 0 aliphatic carbocycles. The molecule has 0 spiro atoms. The van der Waals surface area contributed by atoms with Gasteiger partial charge in [0.25, 0.3) is 5.56 Å². The van der Waals surface area contributed by atoms with Gasteiger partial charge in [0, 0.05) is 28.7 Å². The van der Waals surface area contributed by atoms with Crippen LogP contribution >= 0.6 is 49.9 Å². The molecular formula is C22H18BrIN2O5S. The Labute approximate surface area is 209 Å².